The van der Waals surface area contributed by atoms with Crippen molar-refractivity contribution in [2.75, 3.05) is 6.61 Å². The van der Waals surface area contributed by atoms with Crippen molar-refractivity contribution in [3.8, 4) is 0 Å². The first-order chi connectivity index (χ1) is 5.91. The average molecular weight is 178 g/mol. The maximum Gasteiger partial charge on any atom is 0.0431 e. The Morgan fingerprint density at radius 2 is 1.25 bits per heavy atom. The molecule has 0 amide bonds. The molecule has 0 aromatic carbocycles. The number of rotatable bonds is 5. The van der Waals surface area contributed by atoms with E-state index < -0.39 is 0 Å². The van der Waals surface area contributed by atoms with Gasteiger partial charge in [-0.3, -0.25) is 0 Å². The Bertz CT molecular complexity index is 35.1. The molecule has 0 aliphatic carbocycles. The summed E-state index contributed by atoms with van der Waals surface area (Å²) in [6.45, 7) is 10.6. The lowest BCUT2D eigenvalue weighted by atomic mass is 10.2. The molecule has 0 radical (unpaired) electrons. The summed E-state index contributed by atoms with van der Waals surface area (Å²) >= 11 is 0. The van der Waals surface area contributed by atoms with E-state index in [4.69, 9.17) is 5.11 Å². The molecule has 0 atom stereocenters. The highest BCUT2D eigenvalue weighted by atomic mass is 16.2. The van der Waals surface area contributed by atoms with Crippen molar-refractivity contribution in [3.63, 3.8) is 0 Å². The van der Waals surface area contributed by atoms with E-state index in [1.165, 1.54) is 25.7 Å². The van der Waals surface area contributed by atoms with Gasteiger partial charge in [0.05, 0.1) is 0 Å². The van der Waals surface area contributed by atoms with Crippen LogP contribution in [-0.4, -0.2) is 11.7 Å². The van der Waals surface area contributed by atoms with E-state index in [1.54, 1.807) is 0 Å². The SMILES string of the molecule is CC.CC.CCCCCCCO.[HH]. The fourth-order valence-corrected chi connectivity index (χ4v) is 0.715. The Kier molecular flexibility index (Phi) is 45.6. The lowest BCUT2D eigenvalue weighted by molar-refractivity contribution is 0.282. The van der Waals surface area contributed by atoms with E-state index in [-0.39, 0.29) is 1.43 Å². The van der Waals surface area contributed by atoms with Crippen LogP contribution in [0.1, 0.15) is 68.1 Å². The number of hydrogen-bond donors (Lipinski definition) is 1. The van der Waals surface area contributed by atoms with Gasteiger partial charge in [0.25, 0.3) is 0 Å². The van der Waals surface area contributed by atoms with Gasteiger partial charge in [0.1, 0.15) is 0 Å². The second-order valence-electron chi connectivity index (χ2n) is 2.14. The summed E-state index contributed by atoms with van der Waals surface area (Å²) in [5.74, 6) is 0. The maximum absolute atomic E-state index is 8.37. The van der Waals surface area contributed by atoms with Gasteiger partial charge in [-0.15, -0.1) is 0 Å². The van der Waals surface area contributed by atoms with Crippen LogP contribution in [0, 0.1) is 0 Å². The van der Waals surface area contributed by atoms with E-state index in [1.807, 2.05) is 27.7 Å². The summed E-state index contributed by atoms with van der Waals surface area (Å²) in [7, 11) is 0. The van der Waals surface area contributed by atoms with E-state index in [9.17, 15) is 0 Å². The highest BCUT2D eigenvalue weighted by Gasteiger charge is 1.84. The molecule has 1 heteroatoms. The molecule has 0 fully saturated rings. The summed E-state index contributed by atoms with van der Waals surface area (Å²) in [5, 5.41) is 8.37. The summed E-state index contributed by atoms with van der Waals surface area (Å²) in [5.41, 5.74) is 0. The van der Waals surface area contributed by atoms with Crippen LogP contribution in [0.4, 0.5) is 0 Å². The van der Waals surface area contributed by atoms with Gasteiger partial charge in [-0.1, -0.05) is 60.3 Å². The van der Waals surface area contributed by atoms with E-state index in [0.717, 1.165) is 6.42 Å². The average Bonchev–Trinajstić information content (AvgIpc) is 2.19. The van der Waals surface area contributed by atoms with E-state index in [2.05, 4.69) is 6.92 Å². The molecule has 1 nitrogen and oxygen atoms in total. The van der Waals surface area contributed by atoms with Gasteiger partial charge in [-0.05, 0) is 6.42 Å². The summed E-state index contributed by atoms with van der Waals surface area (Å²) in [4.78, 5) is 0. The Morgan fingerprint density at radius 3 is 1.58 bits per heavy atom. The molecule has 0 unspecified atom stereocenters. The van der Waals surface area contributed by atoms with Crippen molar-refractivity contribution in [2.24, 2.45) is 0 Å². The normalized spacial score (nSPS) is 7.50. The van der Waals surface area contributed by atoms with Crippen molar-refractivity contribution in [2.45, 2.75) is 66.7 Å². The predicted octanol–water partition coefficient (Wildman–Crippen LogP) is 4.25. The molecule has 12 heavy (non-hydrogen) atoms. The molecule has 0 aliphatic heterocycles. The first-order valence-electron chi connectivity index (χ1n) is 5.52. The molecule has 0 spiro atoms. The summed E-state index contributed by atoms with van der Waals surface area (Å²) in [6.07, 6.45) is 6.08. The summed E-state index contributed by atoms with van der Waals surface area (Å²) in [6, 6.07) is 0. The zero-order valence-corrected chi connectivity index (χ0v) is 9.69. The monoisotopic (exact) mass is 178 g/mol. The van der Waals surface area contributed by atoms with Gasteiger partial charge < -0.3 is 5.11 Å². The largest absolute Gasteiger partial charge is 0.396 e. The molecule has 80 valence electrons. The topological polar surface area (TPSA) is 20.2 Å². The van der Waals surface area contributed by atoms with E-state index >= 15 is 0 Å². The molecule has 0 rings (SSSR count). The molecule has 0 saturated carbocycles. The summed E-state index contributed by atoms with van der Waals surface area (Å²) < 4.78 is 0. The molecule has 0 aliphatic rings. The molecule has 0 aromatic rings. The number of aliphatic hydroxyl groups excluding tert-OH is 1. The van der Waals surface area contributed by atoms with Crippen molar-refractivity contribution in [3.05, 3.63) is 0 Å². The molecular weight excluding hydrogens is 148 g/mol. The molecule has 0 aromatic heterocycles. The Balaban J connectivity index is -0.0000000712. The Hall–Kier alpha value is -0.0400. The fraction of sp³-hybridized carbons (Fsp3) is 1.00. The predicted molar refractivity (Wildman–Crippen MR) is 60.7 cm³/mol. The number of aliphatic hydroxyl groups is 1. The van der Waals surface area contributed by atoms with Gasteiger partial charge >= 0.3 is 0 Å². The third-order valence-electron chi connectivity index (χ3n) is 1.26. The smallest absolute Gasteiger partial charge is 0.0431 e. The van der Waals surface area contributed by atoms with Gasteiger partial charge in [0.2, 0.25) is 0 Å². The minimum absolute atomic E-state index is 0. The molecule has 0 heterocycles. The lowest BCUT2D eigenvalue weighted by Gasteiger charge is -1.93. The van der Waals surface area contributed by atoms with Gasteiger partial charge in [0, 0.05) is 8.03 Å². The minimum atomic E-state index is 0. The second-order valence-corrected chi connectivity index (χ2v) is 2.14. The van der Waals surface area contributed by atoms with Crippen LogP contribution in [-0.2, 0) is 0 Å². The van der Waals surface area contributed by atoms with Crippen LogP contribution in [0.15, 0.2) is 0 Å². The van der Waals surface area contributed by atoms with Crippen molar-refractivity contribution in [1.29, 1.82) is 0 Å². The first-order valence-corrected chi connectivity index (χ1v) is 5.52. The van der Waals surface area contributed by atoms with Crippen molar-refractivity contribution >= 4 is 0 Å². The Morgan fingerprint density at radius 1 is 0.833 bits per heavy atom. The van der Waals surface area contributed by atoms with Crippen LogP contribution in [0.2, 0.25) is 0 Å². The zero-order valence-electron chi connectivity index (χ0n) is 9.69. The molecule has 0 saturated heterocycles. The first kappa shape index (κ1) is 17.9. The quantitative estimate of drug-likeness (QED) is 0.624. The van der Waals surface area contributed by atoms with Gasteiger partial charge in [-0.2, -0.15) is 0 Å². The van der Waals surface area contributed by atoms with Crippen molar-refractivity contribution < 1.29 is 6.53 Å². The molecular formula is C11H30O. The third kappa shape index (κ3) is 32.5. The van der Waals surface area contributed by atoms with Crippen LogP contribution in [0.5, 0.6) is 0 Å². The maximum atomic E-state index is 8.37. The van der Waals surface area contributed by atoms with Crippen LogP contribution in [0.3, 0.4) is 0 Å². The standard InChI is InChI=1S/C7H16O.2C2H6.H2/c1-2-3-4-5-6-7-8;2*1-2;/h8H,2-7H2,1H3;2*1-2H3;1H. The second kappa shape index (κ2) is 30.6. The van der Waals surface area contributed by atoms with E-state index in [0.29, 0.717) is 6.61 Å². The Labute approximate surface area is 80.7 Å². The molecule has 0 bridgehead atoms. The van der Waals surface area contributed by atoms with Crippen LogP contribution >= 0.6 is 0 Å². The lowest BCUT2D eigenvalue weighted by Crippen LogP contribution is -1.81. The number of unbranched alkanes of at least 4 members (excludes halogenated alkanes) is 4. The van der Waals surface area contributed by atoms with Crippen molar-refractivity contribution in [1.82, 2.24) is 0 Å². The minimum Gasteiger partial charge on any atom is -0.396 e. The van der Waals surface area contributed by atoms with Gasteiger partial charge in [0.15, 0.2) is 0 Å². The highest BCUT2D eigenvalue weighted by molar-refractivity contribution is 4.39. The fourth-order valence-electron chi connectivity index (χ4n) is 0.715. The highest BCUT2D eigenvalue weighted by Crippen LogP contribution is 2.00. The van der Waals surface area contributed by atoms with Crippen LogP contribution in [0.25, 0.3) is 0 Å². The number of hydrogen-bond acceptors (Lipinski definition) is 1. The van der Waals surface area contributed by atoms with Gasteiger partial charge in [-0.25, -0.2) is 0 Å². The van der Waals surface area contributed by atoms with Crippen LogP contribution < -0.4 is 0 Å². The molecule has 1 N–H and O–H groups in total. The zero-order chi connectivity index (χ0) is 10.2. The third-order valence-corrected chi connectivity index (χ3v) is 1.26.